The predicted octanol–water partition coefficient (Wildman–Crippen LogP) is 2.59. The van der Waals surface area contributed by atoms with Crippen LogP contribution in [0.4, 0.5) is 11.6 Å². The van der Waals surface area contributed by atoms with Crippen molar-refractivity contribution in [1.82, 2.24) is 14.3 Å². The molecule has 0 spiro atoms. The van der Waals surface area contributed by atoms with Crippen LogP contribution in [-0.4, -0.2) is 45.4 Å². The van der Waals surface area contributed by atoms with Crippen LogP contribution < -0.4 is 5.32 Å². The van der Waals surface area contributed by atoms with Gasteiger partial charge in [-0.1, -0.05) is 24.2 Å². The van der Waals surface area contributed by atoms with E-state index in [0.717, 1.165) is 12.8 Å². The molecule has 0 aromatic carbocycles. The van der Waals surface area contributed by atoms with Crippen molar-refractivity contribution in [1.29, 1.82) is 0 Å². The van der Waals surface area contributed by atoms with Crippen molar-refractivity contribution in [3.8, 4) is 0 Å². The maximum Gasteiger partial charge on any atom is 0.372 e. The minimum absolute atomic E-state index is 0.0261. The Kier molecular flexibility index (Phi) is 3.58. The summed E-state index contributed by atoms with van der Waals surface area (Å²) < 4.78 is 1.53. The molecule has 0 atom stereocenters. The number of nitrogens with zero attached hydrogens (tertiary/aromatic N) is 4. The monoisotopic (exact) mass is 309 g/mol. The highest BCUT2D eigenvalue weighted by Crippen LogP contribution is 2.35. The van der Waals surface area contributed by atoms with Gasteiger partial charge in [-0.25, -0.2) is 0 Å². The van der Waals surface area contributed by atoms with E-state index in [1.165, 1.54) is 28.6 Å². The number of hydrogen-bond donors (Lipinski definition) is 1. The molecule has 0 unspecified atom stereocenters. The van der Waals surface area contributed by atoms with E-state index in [1.807, 2.05) is 0 Å². The fourth-order valence-corrected chi connectivity index (χ4v) is 3.84. The first-order chi connectivity index (χ1) is 10.0. The van der Waals surface area contributed by atoms with Gasteiger partial charge in [0.05, 0.1) is 0 Å². The van der Waals surface area contributed by atoms with Crippen molar-refractivity contribution >= 4 is 27.9 Å². The van der Waals surface area contributed by atoms with E-state index in [2.05, 4.69) is 29.3 Å². The van der Waals surface area contributed by atoms with Crippen molar-refractivity contribution in [2.45, 2.75) is 31.2 Å². The third-order valence-electron chi connectivity index (χ3n) is 4.48. The molecule has 1 aliphatic rings. The summed E-state index contributed by atoms with van der Waals surface area (Å²) in [5.74, 6) is 0.401. The molecule has 7 nitrogen and oxygen atoms in total. The lowest BCUT2D eigenvalue weighted by Gasteiger charge is -2.36. The zero-order valence-corrected chi connectivity index (χ0v) is 13.0. The number of likely N-dealkylation sites (N-methyl/N-ethyl adjacent to an activating group) is 1. The van der Waals surface area contributed by atoms with Crippen LogP contribution in [0, 0.1) is 10.1 Å². The number of hydrogen-bond acceptors (Lipinski definition) is 6. The Morgan fingerprint density at radius 1 is 1.52 bits per heavy atom. The summed E-state index contributed by atoms with van der Waals surface area (Å²) in [6.45, 7) is 0.686. The molecule has 1 N–H and O–H groups in total. The fourth-order valence-electron chi connectivity index (χ4n) is 3.13. The van der Waals surface area contributed by atoms with Crippen LogP contribution in [0.2, 0.25) is 0 Å². The van der Waals surface area contributed by atoms with Gasteiger partial charge in [0.25, 0.3) is 4.96 Å². The maximum absolute atomic E-state index is 11.3. The van der Waals surface area contributed by atoms with Gasteiger partial charge in [0, 0.05) is 17.5 Å². The summed E-state index contributed by atoms with van der Waals surface area (Å²) in [6.07, 6.45) is 6.33. The maximum atomic E-state index is 11.3. The molecule has 0 bridgehead atoms. The molecule has 1 fully saturated rings. The van der Waals surface area contributed by atoms with Crippen LogP contribution in [0.3, 0.4) is 0 Å². The molecule has 2 heterocycles. The van der Waals surface area contributed by atoms with Gasteiger partial charge < -0.3 is 20.3 Å². The molecule has 21 heavy (non-hydrogen) atoms. The number of fused-ring (bicyclic) bond motifs is 1. The molecule has 0 radical (unpaired) electrons. The van der Waals surface area contributed by atoms with Crippen LogP contribution in [0.25, 0.3) is 4.96 Å². The van der Waals surface area contributed by atoms with Gasteiger partial charge >= 0.3 is 5.82 Å². The molecule has 2 aromatic rings. The van der Waals surface area contributed by atoms with Gasteiger partial charge in [0.1, 0.15) is 6.20 Å². The first-order valence-electron chi connectivity index (χ1n) is 7.05. The minimum Gasteiger partial charge on any atom is -0.361 e. The topological polar surface area (TPSA) is 75.7 Å². The lowest BCUT2D eigenvalue weighted by molar-refractivity contribution is -0.389. The van der Waals surface area contributed by atoms with E-state index in [4.69, 9.17) is 0 Å². The van der Waals surface area contributed by atoms with Gasteiger partial charge in [0.2, 0.25) is 5.82 Å². The smallest absolute Gasteiger partial charge is 0.361 e. The molecule has 114 valence electrons. The normalized spacial score (nSPS) is 17.7. The summed E-state index contributed by atoms with van der Waals surface area (Å²) in [6, 6.07) is 0. The standard InChI is InChI=1S/C13H19N5O2S/c1-16(2)13(5-3-4-6-13)9-14-10-11(18(19)20)17-7-8-21-12(17)15-10/h7-8,14H,3-6,9H2,1-2H3. The van der Waals surface area contributed by atoms with Crippen LogP contribution >= 0.6 is 11.3 Å². The van der Waals surface area contributed by atoms with E-state index in [0.29, 0.717) is 17.3 Å². The summed E-state index contributed by atoms with van der Waals surface area (Å²) in [7, 11) is 4.15. The largest absolute Gasteiger partial charge is 0.372 e. The second kappa shape index (κ2) is 5.27. The Morgan fingerprint density at radius 2 is 2.24 bits per heavy atom. The average Bonchev–Trinajstić information content (AvgIpc) is 3.11. The molecule has 1 saturated carbocycles. The van der Waals surface area contributed by atoms with E-state index in [9.17, 15) is 10.1 Å². The van der Waals surface area contributed by atoms with Crippen LogP contribution in [0.5, 0.6) is 0 Å². The Balaban J connectivity index is 1.86. The second-order valence-electron chi connectivity index (χ2n) is 5.78. The summed E-state index contributed by atoms with van der Waals surface area (Å²) in [5.41, 5.74) is 0.0743. The number of imidazole rings is 1. The van der Waals surface area contributed by atoms with E-state index >= 15 is 0 Å². The third-order valence-corrected chi connectivity index (χ3v) is 5.23. The van der Waals surface area contributed by atoms with E-state index in [1.54, 1.807) is 11.6 Å². The minimum atomic E-state index is -0.369. The Bertz CT molecular complexity index is 657. The molecular formula is C13H19N5O2S. The van der Waals surface area contributed by atoms with Crippen molar-refractivity contribution in [3.05, 3.63) is 21.7 Å². The molecule has 0 saturated heterocycles. The number of anilines is 1. The zero-order chi connectivity index (χ0) is 15.0. The van der Waals surface area contributed by atoms with E-state index in [-0.39, 0.29) is 16.3 Å². The molecule has 8 heteroatoms. The second-order valence-corrected chi connectivity index (χ2v) is 6.65. The molecule has 0 aliphatic heterocycles. The van der Waals surface area contributed by atoms with E-state index < -0.39 is 0 Å². The quantitative estimate of drug-likeness (QED) is 0.678. The SMILES string of the molecule is CN(C)C1(CNc2nc3sccn3c2[N+](=O)[O-])CCCC1. The number of thiazole rings is 1. The number of rotatable bonds is 5. The number of aromatic nitrogens is 2. The molecule has 3 rings (SSSR count). The zero-order valence-electron chi connectivity index (χ0n) is 12.2. The van der Waals surface area contributed by atoms with Crippen LogP contribution in [0.15, 0.2) is 11.6 Å². The van der Waals surface area contributed by atoms with Crippen molar-refractivity contribution in [2.24, 2.45) is 0 Å². The van der Waals surface area contributed by atoms with Gasteiger partial charge in [-0.3, -0.25) is 0 Å². The first-order valence-corrected chi connectivity index (χ1v) is 7.93. The highest BCUT2D eigenvalue weighted by molar-refractivity contribution is 7.15. The van der Waals surface area contributed by atoms with Crippen molar-refractivity contribution in [2.75, 3.05) is 26.0 Å². The fraction of sp³-hybridized carbons (Fsp3) is 0.615. The van der Waals surface area contributed by atoms with Crippen molar-refractivity contribution in [3.63, 3.8) is 0 Å². The number of nitrogens with one attached hydrogen (secondary N) is 1. The summed E-state index contributed by atoms with van der Waals surface area (Å²) >= 11 is 1.40. The van der Waals surface area contributed by atoms with Gasteiger partial charge in [-0.15, -0.1) is 0 Å². The highest BCUT2D eigenvalue weighted by atomic mass is 32.1. The molecule has 0 amide bonds. The summed E-state index contributed by atoms with van der Waals surface area (Å²) in [4.78, 5) is 18.2. The predicted molar refractivity (Wildman–Crippen MR) is 83.1 cm³/mol. The molecule has 2 aromatic heterocycles. The van der Waals surface area contributed by atoms with Gasteiger partial charge in [0.15, 0.2) is 0 Å². The Hall–Kier alpha value is -1.67. The molecule has 1 aliphatic carbocycles. The van der Waals surface area contributed by atoms with Crippen LogP contribution in [-0.2, 0) is 0 Å². The average molecular weight is 309 g/mol. The number of nitro groups is 1. The van der Waals surface area contributed by atoms with Crippen molar-refractivity contribution < 1.29 is 4.92 Å². The lowest BCUT2D eigenvalue weighted by atomic mass is 9.96. The Labute approximate surface area is 126 Å². The highest BCUT2D eigenvalue weighted by Gasteiger charge is 2.36. The third kappa shape index (κ3) is 2.38. The van der Waals surface area contributed by atoms with Gasteiger partial charge in [-0.2, -0.15) is 9.38 Å². The van der Waals surface area contributed by atoms with Crippen LogP contribution in [0.1, 0.15) is 25.7 Å². The molecular weight excluding hydrogens is 290 g/mol. The summed E-state index contributed by atoms with van der Waals surface area (Å²) in [5, 5.41) is 16.3. The van der Waals surface area contributed by atoms with Gasteiger partial charge in [-0.05, 0) is 31.9 Å². The first kappa shape index (κ1) is 14.3. The lowest BCUT2D eigenvalue weighted by Crippen LogP contribution is -2.47. The Morgan fingerprint density at radius 3 is 2.86 bits per heavy atom.